The van der Waals surface area contributed by atoms with E-state index in [2.05, 4.69) is 12.2 Å². The van der Waals surface area contributed by atoms with Crippen molar-refractivity contribution in [2.75, 3.05) is 31.9 Å². The molecule has 1 N–H and O–H groups in total. The van der Waals surface area contributed by atoms with Gasteiger partial charge in [-0.1, -0.05) is 13.8 Å². The first-order valence-electron chi connectivity index (χ1n) is 7.78. The van der Waals surface area contributed by atoms with Crippen LogP contribution < -0.4 is 5.32 Å². The Kier molecular flexibility index (Phi) is 7.95. The number of nitrogens with zero attached hydrogens (tertiary/aromatic N) is 1. The van der Waals surface area contributed by atoms with E-state index in [1.807, 2.05) is 6.92 Å². The van der Waals surface area contributed by atoms with Crippen LogP contribution in [-0.2, 0) is 10.0 Å². The van der Waals surface area contributed by atoms with Crippen LogP contribution in [0.2, 0.25) is 0 Å². The molecule has 0 aromatic carbocycles. The standard InChI is InChI=1S/C14H30N2O2S/c1-3-9-15-10-5-6-12-19(17,18)16(11-4-2)13-14-7-8-14/h14-15H,3-13H2,1-2H3. The minimum atomic E-state index is -3.03. The molecule has 0 aromatic heterocycles. The van der Waals surface area contributed by atoms with Gasteiger partial charge in [0, 0.05) is 13.1 Å². The minimum Gasteiger partial charge on any atom is -0.317 e. The zero-order valence-corrected chi connectivity index (χ0v) is 13.3. The van der Waals surface area contributed by atoms with Gasteiger partial charge in [-0.15, -0.1) is 0 Å². The van der Waals surface area contributed by atoms with Crippen LogP contribution in [0.4, 0.5) is 0 Å². The van der Waals surface area contributed by atoms with Crippen LogP contribution in [-0.4, -0.2) is 44.7 Å². The van der Waals surface area contributed by atoms with E-state index in [4.69, 9.17) is 0 Å². The average molecular weight is 290 g/mol. The monoisotopic (exact) mass is 290 g/mol. The Morgan fingerprint density at radius 1 is 1.11 bits per heavy atom. The van der Waals surface area contributed by atoms with Crippen LogP contribution in [0.3, 0.4) is 0 Å². The Morgan fingerprint density at radius 3 is 2.42 bits per heavy atom. The van der Waals surface area contributed by atoms with Crippen molar-refractivity contribution >= 4 is 10.0 Å². The molecular weight excluding hydrogens is 260 g/mol. The molecule has 0 spiro atoms. The maximum Gasteiger partial charge on any atom is 0.214 e. The zero-order valence-electron chi connectivity index (χ0n) is 12.5. The molecule has 0 unspecified atom stereocenters. The van der Waals surface area contributed by atoms with Crippen molar-refractivity contribution in [2.45, 2.75) is 52.4 Å². The number of unbranched alkanes of at least 4 members (excludes halogenated alkanes) is 1. The normalized spacial score (nSPS) is 16.2. The third-order valence-electron chi connectivity index (χ3n) is 3.46. The molecule has 1 aliphatic carbocycles. The summed E-state index contributed by atoms with van der Waals surface area (Å²) < 4.78 is 26.3. The zero-order chi connectivity index (χ0) is 14.1. The molecule has 5 heteroatoms. The first kappa shape index (κ1) is 16.9. The highest BCUT2D eigenvalue weighted by molar-refractivity contribution is 7.89. The molecule has 114 valence electrons. The van der Waals surface area contributed by atoms with Gasteiger partial charge in [-0.25, -0.2) is 12.7 Å². The lowest BCUT2D eigenvalue weighted by Crippen LogP contribution is -2.35. The molecular formula is C14H30N2O2S. The van der Waals surface area contributed by atoms with Gasteiger partial charge < -0.3 is 5.32 Å². The third-order valence-corrected chi connectivity index (χ3v) is 5.38. The van der Waals surface area contributed by atoms with Crippen LogP contribution in [0.1, 0.15) is 52.4 Å². The SMILES string of the molecule is CCCNCCCCS(=O)(=O)N(CCC)CC1CC1. The maximum absolute atomic E-state index is 12.3. The van der Waals surface area contributed by atoms with Crippen LogP contribution in [0.15, 0.2) is 0 Å². The molecule has 0 radical (unpaired) electrons. The highest BCUT2D eigenvalue weighted by Crippen LogP contribution is 2.30. The third kappa shape index (κ3) is 7.28. The van der Waals surface area contributed by atoms with Gasteiger partial charge >= 0.3 is 0 Å². The minimum absolute atomic E-state index is 0.313. The summed E-state index contributed by atoms with van der Waals surface area (Å²) in [4.78, 5) is 0. The second kappa shape index (κ2) is 8.93. The Bertz CT molecular complexity index is 326. The van der Waals surface area contributed by atoms with E-state index in [9.17, 15) is 8.42 Å². The number of sulfonamides is 1. The molecule has 4 nitrogen and oxygen atoms in total. The summed E-state index contributed by atoms with van der Waals surface area (Å²) in [5.74, 6) is 0.945. The number of rotatable bonds is 12. The lowest BCUT2D eigenvalue weighted by Gasteiger charge is -2.21. The van der Waals surface area contributed by atoms with Gasteiger partial charge in [0.05, 0.1) is 5.75 Å². The van der Waals surface area contributed by atoms with Crippen molar-refractivity contribution in [1.82, 2.24) is 9.62 Å². The van der Waals surface area contributed by atoms with Gasteiger partial charge in [-0.05, 0) is 57.5 Å². The highest BCUT2D eigenvalue weighted by Gasteiger charge is 2.29. The van der Waals surface area contributed by atoms with Gasteiger partial charge in [0.15, 0.2) is 0 Å². The number of nitrogens with one attached hydrogen (secondary N) is 1. The van der Waals surface area contributed by atoms with Crippen LogP contribution >= 0.6 is 0 Å². The van der Waals surface area contributed by atoms with E-state index in [0.29, 0.717) is 18.2 Å². The fourth-order valence-electron chi connectivity index (χ4n) is 2.15. The summed E-state index contributed by atoms with van der Waals surface area (Å²) in [6.07, 6.45) is 6.16. The maximum atomic E-state index is 12.3. The predicted octanol–water partition coefficient (Wildman–Crippen LogP) is 2.22. The second-order valence-electron chi connectivity index (χ2n) is 5.57. The van der Waals surface area contributed by atoms with Crippen molar-refractivity contribution < 1.29 is 8.42 Å². The average Bonchev–Trinajstić information content (AvgIpc) is 3.17. The van der Waals surface area contributed by atoms with Crippen LogP contribution in [0.5, 0.6) is 0 Å². The fraction of sp³-hybridized carbons (Fsp3) is 1.00. The number of hydrogen-bond donors (Lipinski definition) is 1. The van der Waals surface area contributed by atoms with Crippen LogP contribution in [0, 0.1) is 5.92 Å². The topological polar surface area (TPSA) is 49.4 Å². The molecule has 0 aromatic rings. The molecule has 0 heterocycles. The molecule has 0 amide bonds. The molecule has 1 fully saturated rings. The first-order valence-corrected chi connectivity index (χ1v) is 9.39. The Labute approximate surface area is 119 Å². The molecule has 0 aliphatic heterocycles. The predicted molar refractivity (Wildman–Crippen MR) is 80.8 cm³/mol. The second-order valence-corrected chi connectivity index (χ2v) is 7.66. The summed E-state index contributed by atoms with van der Waals surface area (Å²) in [5, 5.41) is 3.31. The quantitative estimate of drug-likeness (QED) is 0.561. The molecule has 19 heavy (non-hydrogen) atoms. The molecule has 0 saturated heterocycles. The molecule has 1 rings (SSSR count). The molecule has 0 atom stereocenters. The van der Waals surface area contributed by atoms with Gasteiger partial charge in [0.2, 0.25) is 10.0 Å². The van der Waals surface area contributed by atoms with Crippen LogP contribution in [0.25, 0.3) is 0 Å². The van der Waals surface area contributed by atoms with Crippen molar-refractivity contribution in [2.24, 2.45) is 5.92 Å². The van der Waals surface area contributed by atoms with E-state index >= 15 is 0 Å². The van der Waals surface area contributed by atoms with E-state index in [1.165, 1.54) is 12.8 Å². The highest BCUT2D eigenvalue weighted by atomic mass is 32.2. The van der Waals surface area contributed by atoms with Crippen molar-refractivity contribution in [3.05, 3.63) is 0 Å². The summed E-state index contributed by atoms with van der Waals surface area (Å²) in [7, 11) is -3.03. The molecule has 1 saturated carbocycles. The van der Waals surface area contributed by atoms with E-state index in [0.717, 1.165) is 45.3 Å². The van der Waals surface area contributed by atoms with Crippen molar-refractivity contribution in [1.29, 1.82) is 0 Å². The lowest BCUT2D eigenvalue weighted by atomic mass is 10.3. The van der Waals surface area contributed by atoms with Crippen molar-refractivity contribution in [3.63, 3.8) is 0 Å². The Hall–Kier alpha value is -0.130. The van der Waals surface area contributed by atoms with Gasteiger partial charge in [-0.3, -0.25) is 0 Å². The summed E-state index contributed by atoms with van der Waals surface area (Å²) in [5.41, 5.74) is 0. The largest absolute Gasteiger partial charge is 0.317 e. The Balaban J connectivity index is 2.26. The van der Waals surface area contributed by atoms with E-state index in [1.54, 1.807) is 4.31 Å². The molecule has 1 aliphatic rings. The number of hydrogen-bond acceptors (Lipinski definition) is 3. The lowest BCUT2D eigenvalue weighted by molar-refractivity contribution is 0.394. The smallest absolute Gasteiger partial charge is 0.214 e. The van der Waals surface area contributed by atoms with E-state index < -0.39 is 10.0 Å². The van der Waals surface area contributed by atoms with Crippen molar-refractivity contribution in [3.8, 4) is 0 Å². The first-order chi connectivity index (χ1) is 9.10. The summed E-state index contributed by atoms with van der Waals surface area (Å²) in [6, 6.07) is 0. The fourth-order valence-corrected chi connectivity index (χ4v) is 3.87. The van der Waals surface area contributed by atoms with Gasteiger partial charge in [0.1, 0.15) is 0 Å². The summed E-state index contributed by atoms with van der Waals surface area (Å²) in [6.45, 7) is 7.58. The van der Waals surface area contributed by atoms with Gasteiger partial charge in [0.25, 0.3) is 0 Å². The Morgan fingerprint density at radius 2 is 1.84 bits per heavy atom. The van der Waals surface area contributed by atoms with E-state index in [-0.39, 0.29) is 0 Å². The molecule has 0 bridgehead atoms. The summed E-state index contributed by atoms with van der Waals surface area (Å²) >= 11 is 0. The van der Waals surface area contributed by atoms with Gasteiger partial charge in [-0.2, -0.15) is 0 Å².